The Labute approximate surface area is 147 Å². The molecule has 0 bridgehead atoms. The van der Waals surface area contributed by atoms with Gasteiger partial charge in [-0.25, -0.2) is 0 Å². The first-order valence-corrected chi connectivity index (χ1v) is 7.89. The number of benzene rings is 1. The molecular formula is C18H22N2O5. The lowest BCUT2D eigenvalue weighted by Gasteiger charge is -2.05. The Bertz CT molecular complexity index is 661. The summed E-state index contributed by atoms with van der Waals surface area (Å²) in [6.45, 7) is 3.78. The monoisotopic (exact) mass is 346 g/mol. The van der Waals surface area contributed by atoms with E-state index in [1.54, 1.807) is 31.2 Å². The maximum atomic E-state index is 11.5. The molecule has 1 aromatic rings. The van der Waals surface area contributed by atoms with E-state index in [1.807, 2.05) is 0 Å². The SMILES string of the molecule is CCOC(=O)CCC(=O)NCC#CCOc1cccc(NC(C)=O)c1. The Hall–Kier alpha value is -3.01. The van der Waals surface area contributed by atoms with E-state index in [-0.39, 0.29) is 37.8 Å². The van der Waals surface area contributed by atoms with Gasteiger partial charge in [0.25, 0.3) is 0 Å². The van der Waals surface area contributed by atoms with Gasteiger partial charge in [-0.3, -0.25) is 14.4 Å². The summed E-state index contributed by atoms with van der Waals surface area (Å²) in [4.78, 5) is 33.6. The fourth-order valence-corrected chi connectivity index (χ4v) is 1.78. The molecule has 0 fully saturated rings. The molecule has 0 saturated heterocycles. The van der Waals surface area contributed by atoms with Gasteiger partial charge in [-0.15, -0.1) is 0 Å². The lowest BCUT2D eigenvalue weighted by molar-refractivity contribution is -0.144. The molecule has 134 valence electrons. The molecule has 0 atom stereocenters. The molecule has 7 nitrogen and oxygen atoms in total. The molecular weight excluding hydrogens is 324 g/mol. The molecule has 1 aromatic carbocycles. The lowest BCUT2D eigenvalue weighted by atomic mass is 10.3. The van der Waals surface area contributed by atoms with Crippen molar-refractivity contribution in [1.82, 2.24) is 5.32 Å². The van der Waals surface area contributed by atoms with Crippen molar-refractivity contribution in [3.8, 4) is 17.6 Å². The van der Waals surface area contributed by atoms with Crippen LogP contribution in [0.15, 0.2) is 24.3 Å². The highest BCUT2D eigenvalue weighted by Crippen LogP contribution is 2.16. The van der Waals surface area contributed by atoms with Crippen molar-refractivity contribution in [1.29, 1.82) is 0 Å². The highest BCUT2D eigenvalue weighted by molar-refractivity contribution is 5.88. The second-order valence-electron chi connectivity index (χ2n) is 4.93. The molecule has 2 N–H and O–H groups in total. The van der Waals surface area contributed by atoms with Crippen molar-refractivity contribution in [2.24, 2.45) is 0 Å². The van der Waals surface area contributed by atoms with Crippen molar-refractivity contribution in [3.05, 3.63) is 24.3 Å². The molecule has 2 amide bonds. The van der Waals surface area contributed by atoms with Gasteiger partial charge in [0, 0.05) is 25.1 Å². The number of anilines is 1. The smallest absolute Gasteiger partial charge is 0.306 e. The maximum absolute atomic E-state index is 11.5. The first-order valence-electron chi connectivity index (χ1n) is 7.89. The van der Waals surface area contributed by atoms with Crippen LogP contribution in [0, 0.1) is 11.8 Å². The summed E-state index contributed by atoms with van der Waals surface area (Å²) in [5, 5.41) is 5.25. The summed E-state index contributed by atoms with van der Waals surface area (Å²) in [6, 6.07) is 6.97. The predicted molar refractivity (Wildman–Crippen MR) is 92.9 cm³/mol. The van der Waals surface area contributed by atoms with Crippen LogP contribution in [-0.2, 0) is 19.1 Å². The van der Waals surface area contributed by atoms with Crippen LogP contribution in [0.5, 0.6) is 5.75 Å². The number of hydrogen-bond donors (Lipinski definition) is 2. The molecule has 0 aliphatic carbocycles. The average Bonchev–Trinajstić information content (AvgIpc) is 2.56. The van der Waals surface area contributed by atoms with E-state index in [1.165, 1.54) is 6.92 Å². The molecule has 0 aliphatic heterocycles. The fourth-order valence-electron chi connectivity index (χ4n) is 1.78. The Morgan fingerprint density at radius 3 is 2.68 bits per heavy atom. The quantitative estimate of drug-likeness (QED) is 0.549. The van der Waals surface area contributed by atoms with Gasteiger partial charge in [-0.05, 0) is 19.1 Å². The van der Waals surface area contributed by atoms with E-state index in [2.05, 4.69) is 22.5 Å². The van der Waals surface area contributed by atoms with Gasteiger partial charge < -0.3 is 20.1 Å². The van der Waals surface area contributed by atoms with Crippen molar-refractivity contribution >= 4 is 23.5 Å². The van der Waals surface area contributed by atoms with Crippen LogP contribution in [0.4, 0.5) is 5.69 Å². The summed E-state index contributed by atoms with van der Waals surface area (Å²) < 4.78 is 10.2. The van der Waals surface area contributed by atoms with Gasteiger partial charge in [-0.1, -0.05) is 17.9 Å². The second-order valence-corrected chi connectivity index (χ2v) is 4.93. The summed E-state index contributed by atoms with van der Waals surface area (Å²) >= 11 is 0. The Kier molecular flexibility index (Phi) is 9.23. The number of carbonyl (C=O) groups excluding carboxylic acids is 3. The zero-order valence-electron chi connectivity index (χ0n) is 14.4. The molecule has 1 rings (SSSR count). The van der Waals surface area contributed by atoms with E-state index in [0.717, 1.165) is 0 Å². The van der Waals surface area contributed by atoms with E-state index >= 15 is 0 Å². The van der Waals surface area contributed by atoms with Gasteiger partial charge >= 0.3 is 5.97 Å². The number of amides is 2. The predicted octanol–water partition coefficient (Wildman–Crippen LogP) is 1.49. The van der Waals surface area contributed by atoms with Crippen LogP contribution in [0.25, 0.3) is 0 Å². The first-order chi connectivity index (χ1) is 12.0. The van der Waals surface area contributed by atoms with Crippen molar-refractivity contribution in [2.45, 2.75) is 26.7 Å². The summed E-state index contributed by atoms with van der Waals surface area (Å²) in [5.41, 5.74) is 0.645. The van der Waals surface area contributed by atoms with Crippen LogP contribution in [0.3, 0.4) is 0 Å². The lowest BCUT2D eigenvalue weighted by Crippen LogP contribution is -2.24. The molecule has 0 aliphatic rings. The zero-order valence-corrected chi connectivity index (χ0v) is 14.4. The third-order valence-electron chi connectivity index (χ3n) is 2.83. The van der Waals surface area contributed by atoms with Crippen LogP contribution in [0.1, 0.15) is 26.7 Å². The van der Waals surface area contributed by atoms with E-state index in [4.69, 9.17) is 9.47 Å². The number of hydrogen-bond acceptors (Lipinski definition) is 5. The van der Waals surface area contributed by atoms with Crippen molar-refractivity contribution in [2.75, 3.05) is 25.1 Å². The summed E-state index contributed by atoms with van der Waals surface area (Å²) in [5.74, 6) is 5.30. The molecule has 0 spiro atoms. The summed E-state index contributed by atoms with van der Waals surface area (Å²) in [7, 11) is 0. The fraction of sp³-hybridized carbons (Fsp3) is 0.389. The Morgan fingerprint density at radius 1 is 1.16 bits per heavy atom. The largest absolute Gasteiger partial charge is 0.481 e. The van der Waals surface area contributed by atoms with E-state index in [9.17, 15) is 14.4 Å². The minimum atomic E-state index is -0.390. The number of ether oxygens (including phenoxy) is 2. The van der Waals surface area contributed by atoms with Gasteiger partial charge in [0.2, 0.25) is 11.8 Å². The van der Waals surface area contributed by atoms with Crippen LogP contribution in [-0.4, -0.2) is 37.5 Å². The number of esters is 1. The molecule has 0 radical (unpaired) electrons. The molecule has 25 heavy (non-hydrogen) atoms. The minimum absolute atomic E-state index is 0.0564. The van der Waals surface area contributed by atoms with Crippen LogP contribution >= 0.6 is 0 Å². The Balaban J connectivity index is 2.24. The van der Waals surface area contributed by atoms with Crippen molar-refractivity contribution < 1.29 is 23.9 Å². The second kappa shape index (κ2) is 11.5. The molecule has 0 saturated carbocycles. The average molecular weight is 346 g/mol. The Morgan fingerprint density at radius 2 is 1.96 bits per heavy atom. The highest BCUT2D eigenvalue weighted by atomic mass is 16.5. The molecule has 0 aromatic heterocycles. The normalized spacial score (nSPS) is 9.36. The molecule has 7 heteroatoms. The topological polar surface area (TPSA) is 93.7 Å². The summed E-state index contributed by atoms with van der Waals surface area (Å²) in [6.07, 6.45) is 0.133. The molecule has 0 unspecified atom stereocenters. The van der Waals surface area contributed by atoms with Gasteiger partial charge in [0.15, 0.2) is 0 Å². The number of nitrogens with one attached hydrogen (secondary N) is 2. The van der Waals surface area contributed by atoms with Gasteiger partial charge in [-0.2, -0.15) is 0 Å². The molecule has 0 heterocycles. The highest BCUT2D eigenvalue weighted by Gasteiger charge is 2.06. The maximum Gasteiger partial charge on any atom is 0.306 e. The van der Waals surface area contributed by atoms with Gasteiger partial charge in [0.05, 0.1) is 19.6 Å². The minimum Gasteiger partial charge on any atom is -0.481 e. The zero-order chi connectivity index (χ0) is 18.5. The number of rotatable bonds is 8. The van der Waals surface area contributed by atoms with Crippen LogP contribution in [0.2, 0.25) is 0 Å². The third-order valence-corrected chi connectivity index (χ3v) is 2.83. The van der Waals surface area contributed by atoms with Crippen LogP contribution < -0.4 is 15.4 Å². The van der Waals surface area contributed by atoms with E-state index < -0.39 is 5.97 Å². The first kappa shape index (κ1) is 20.0. The standard InChI is InChI=1S/C18H22N2O5/c1-3-24-18(23)10-9-17(22)19-11-4-5-12-25-16-8-6-7-15(13-16)20-14(2)21/h6-8,13H,3,9-12H2,1-2H3,(H,19,22)(H,20,21). The number of carbonyl (C=O) groups is 3. The van der Waals surface area contributed by atoms with Crippen molar-refractivity contribution in [3.63, 3.8) is 0 Å². The van der Waals surface area contributed by atoms with E-state index in [0.29, 0.717) is 18.0 Å². The third kappa shape index (κ3) is 9.66. The van der Waals surface area contributed by atoms with Gasteiger partial charge in [0.1, 0.15) is 12.4 Å².